The van der Waals surface area contributed by atoms with Crippen molar-refractivity contribution in [3.63, 3.8) is 0 Å². The van der Waals surface area contributed by atoms with Crippen LogP contribution in [0.15, 0.2) is 78.9 Å². The molecule has 0 aliphatic carbocycles. The summed E-state index contributed by atoms with van der Waals surface area (Å²) in [5, 5.41) is 8.77. The highest BCUT2D eigenvalue weighted by atomic mass is 16.5. The van der Waals surface area contributed by atoms with Crippen LogP contribution in [0.1, 0.15) is 11.3 Å². The van der Waals surface area contributed by atoms with Crippen LogP contribution in [-0.4, -0.2) is 29.2 Å². The Labute approximate surface area is 169 Å². The number of hydrogen-bond donors (Lipinski definition) is 0. The molecule has 0 atom stereocenters. The average Bonchev–Trinajstić information content (AvgIpc) is 3.22. The van der Waals surface area contributed by atoms with Crippen molar-refractivity contribution in [3.8, 4) is 40.3 Å². The summed E-state index contributed by atoms with van der Waals surface area (Å²) in [4.78, 5) is 0. The second-order valence-electron chi connectivity index (χ2n) is 6.24. The molecule has 5 heteroatoms. The van der Waals surface area contributed by atoms with Crippen LogP contribution in [0.2, 0.25) is 0 Å². The van der Waals surface area contributed by atoms with Crippen molar-refractivity contribution in [2.75, 3.05) is 14.2 Å². The molecule has 0 spiro atoms. The van der Waals surface area contributed by atoms with Crippen molar-refractivity contribution in [2.24, 2.45) is 0 Å². The summed E-state index contributed by atoms with van der Waals surface area (Å²) in [6, 6.07) is 25.2. The molecule has 0 saturated heterocycles. The summed E-state index contributed by atoms with van der Waals surface area (Å²) < 4.78 is 12.2. The van der Waals surface area contributed by atoms with Gasteiger partial charge in [0.05, 0.1) is 19.9 Å². The first-order chi connectivity index (χ1) is 14.3. The predicted molar refractivity (Wildman–Crippen MR) is 112 cm³/mol. The lowest BCUT2D eigenvalue weighted by atomic mass is 10.1. The van der Waals surface area contributed by atoms with Gasteiger partial charge in [-0.25, -0.2) is 4.68 Å². The molecule has 0 N–H and O–H groups in total. The molecule has 142 valence electrons. The molecule has 0 aliphatic rings. The first-order valence-electron chi connectivity index (χ1n) is 9.10. The van der Waals surface area contributed by atoms with Crippen molar-refractivity contribution >= 4 is 0 Å². The summed E-state index contributed by atoms with van der Waals surface area (Å²) in [5.74, 6) is 8.05. The van der Waals surface area contributed by atoms with Crippen LogP contribution in [-0.2, 0) is 0 Å². The maximum absolute atomic E-state index is 5.25. The smallest absolute Gasteiger partial charge is 0.145 e. The molecule has 0 aliphatic heterocycles. The number of aromatic nitrogens is 3. The number of nitrogens with zero attached hydrogens (tertiary/aromatic N) is 3. The highest BCUT2D eigenvalue weighted by Crippen LogP contribution is 2.25. The molecule has 4 rings (SSSR count). The number of rotatable bonds is 4. The SMILES string of the molecule is COc1ccc(C#Cc2c(-c3ccc(OC)cc3)nnn2-c2ccccc2)cc1. The van der Waals surface area contributed by atoms with Gasteiger partial charge in [0.15, 0.2) is 0 Å². The van der Waals surface area contributed by atoms with E-state index in [1.807, 2.05) is 78.9 Å². The average molecular weight is 381 g/mol. The highest BCUT2D eigenvalue weighted by molar-refractivity contribution is 5.67. The lowest BCUT2D eigenvalue weighted by Gasteiger charge is -2.04. The van der Waals surface area contributed by atoms with Crippen LogP contribution < -0.4 is 9.47 Å². The number of benzene rings is 3. The van der Waals surface area contributed by atoms with Crippen LogP contribution in [0.4, 0.5) is 0 Å². The second kappa shape index (κ2) is 8.32. The highest BCUT2D eigenvalue weighted by Gasteiger charge is 2.14. The van der Waals surface area contributed by atoms with Gasteiger partial charge in [-0.3, -0.25) is 0 Å². The molecule has 0 bridgehead atoms. The number of ether oxygens (including phenoxy) is 2. The molecule has 0 amide bonds. The Hall–Kier alpha value is -4.04. The third-order valence-corrected chi connectivity index (χ3v) is 4.45. The molecule has 0 fully saturated rings. The molecular weight excluding hydrogens is 362 g/mol. The monoisotopic (exact) mass is 381 g/mol. The first kappa shape index (κ1) is 18.3. The Balaban J connectivity index is 1.80. The van der Waals surface area contributed by atoms with Crippen molar-refractivity contribution < 1.29 is 9.47 Å². The van der Waals surface area contributed by atoms with Crippen molar-refractivity contribution in [3.05, 3.63) is 90.1 Å². The maximum Gasteiger partial charge on any atom is 0.145 e. The molecular formula is C24H19N3O2. The van der Waals surface area contributed by atoms with E-state index in [4.69, 9.17) is 9.47 Å². The quantitative estimate of drug-likeness (QED) is 0.493. The zero-order chi connectivity index (χ0) is 20.1. The van der Waals surface area contributed by atoms with Gasteiger partial charge >= 0.3 is 0 Å². The van der Waals surface area contributed by atoms with Gasteiger partial charge in [0, 0.05) is 11.1 Å². The Morgan fingerprint density at radius 1 is 0.724 bits per heavy atom. The van der Waals surface area contributed by atoms with E-state index >= 15 is 0 Å². The van der Waals surface area contributed by atoms with Gasteiger partial charge in [-0.15, -0.1) is 5.10 Å². The van der Waals surface area contributed by atoms with Gasteiger partial charge in [-0.2, -0.15) is 0 Å². The van der Waals surface area contributed by atoms with E-state index in [1.54, 1.807) is 18.9 Å². The standard InChI is InChI=1S/C24H19N3O2/c1-28-21-13-8-18(9-14-21)10-17-23-24(19-11-15-22(29-2)16-12-19)25-26-27(23)20-6-4-3-5-7-20/h3-9,11-16H,1-2H3. The molecule has 1 heterocycles. The van der Waals surface area contributed by atoms with Crippen LogP contribution >= 0.6 is 0 Å². The summed E-state index contributed by atoms with van der Waals surface area (Å²) in [7, 11) is 3.29. The largest absolute Gasteiger partial charge is 0.497 e. The zero-order valence-electron chi connectivity index (χ0n) is 16.2. The number of methoxy groups -OCH3 is 2. The molecule has 1 aromatic heterocycles. The van der Waals surface area contributed by atoms with E-state index < -0.39 is 0 Å². The summed E-state index contributed by atoms with van der Waals surface area (Å²) in [6.07, 6.45) is 0. The van der Waals surface area contributed by atoms with Crippen LogP contribution in [0, 0.1) is 11.8 Å². The summed E-state index contributed by atoms with van der Waals surface area (Å²) in [6.45, 7) is 0. The molecule has 0 saturated carbocycles. The maximum atomic E-state index is 5.25. The molecule has 4 aromatic rings. The fourth-order valence-corrected chi connectivity index (χ4v) is 2.89. The Kier molecular flexibility index (Phi) is 5.26. The van der Waals surface area contributed by atoms with Gasteiger partial charge in [-0.05, 0) is 66.6 Å². The van der Waals surface area contributed by atoms with E-state index in [2.05, 4.69) is 22.2 Å². The van der Waals surface area contributed by atoms with Crippen molar-refractivity contribution in [2.45, 2.75) is 0 Å². The topological polar surface area (TPSA) is 49.2 Å². The normalized spacial score (nSPS) is 10.1. The predicted octanol–water partition coefficient (Wildman–Crippen LogP) is 4.35. The Morgan fingerprint density at radius 2 is 1.34 bits per heavy atom. The van der Waals surface area contributed by atoms with Gasteiger partial charge < -0.3 is 9.47 Å². The number of hydrogen-bond acceptors (Lipinski definition) is 4. The number of para-hydroxylation sites is 1. The minimum absolute atomic E-state index is 0.720. The minimum Gasteiger partial charge on any atom is -0.497 e. The minimum atomic E-state index is 0.720. The van der Waals surface area contributed by atoms with E-state index in [0.717, 1.165) is 39.7 Å². The summed E-state index contributed by atoms with van der Waals surface area (Å²) >= 11 is 0. The van der Waals surface area contributed by atoms with E-state index in [9.17, 15) is 0 Å². The van der Waals surface area contributed by atoms with E-state index in [1.165, 1.54) is 0 Å². The molecule has 3 aromatic carbocycles. The lowest BCUT2D eigenvalue weighted by molar-refractivity contribution is 0.414. The van der Waals surface area contributed by atoms with Crippen LogP contribution in [0.25, 0.3) is 16.9 Å². The molecule has 29 heavy (non-hydrogen) atoms. The molecule has 5 nitrogen and oxygen atoms in total. The third-order valence-electron chi connectivity index (χ3n) is 4.45. The van der Waals surface area contributed by atoms with Gasteiger partial charge in [-0.1, -0.05) is 29.3 Å². The van der Waals surface area contributed by atoms with Crippen LogP contribution in [0.3, 0.4) is 0 Å². The Morgan fingerprint density at radius 3 is 1.97 bits per heavy atom. The Bertz CT molecular complexity index is 1150. The fraction of sp³-hybridized carbons (Fsp3) is 0.0833. The molecule has 0 radical (unpaired) electrons. The van der Waals surface area contributed by atoms with Crippen molar-refractivity contribution in [1.29, 1.82) is 0 Å². The van der Waals surface area contributed by atoms with Gasteiger partial charge in [0.25, 0.3) is 0 Å². The van der Waals surface area contributed by atoms with Crippen molar-refractivity contribution in [1.82, 2.24) is 15.0 Å². The van der Waals surface area contributed by atoms with Gasteiger partial charge in [0.2, 0.25) is 0 Å². The van der Waals surface area contributed by atoms with Gasteiger partial charge in [0.1, 0.15) is 22.9 Å². The van der Waals surface area contributed by atoms with Crippen LogP contribution in [0.5, 0.6) is 11.5 Å². The zero-order valence-corrected chi connectivity index (χ0v) is 16.2. The fourth-order valence-electron chi connectivity index (χ4n) is 2.89. The first-order valence-corrected chi connectivity index (χ1v) is 9.10. The van der Waals surface area contributed by atoms with E-state index in [0.29, 0.717) is 0 Å². The third kappa shape index (κ3) is 3.97. The molecule has 0 unspecified atom stereocenters. The van der Waals surface area contributed by atoms with E-state index in [-0.39, 0.29) is 0 Å². The lowest BCUT2D eigenvalue weighted by Crippen LogP contribution is -1.99. The second-order valence-corrected chi connectivity index (χ2v) is 6.24. The summed E-state index contributed by atoms with van der Waals surface area (Å²) in [5.41, 5.74) is 4.15.